The summed E-state index contributed by atoms with van der Waals surface area (Å²) in [7, 11) is -5.43. The van der Waals surface area contributed by atoms with Gasteiger partial charge in [0, 0.05) is 6.42 Å². The third kappa shape index (κ3) is 8.25. The van der Waals surface area contributed by atoms with E-state index in [1.807, 2.05) is 0 Å². The SMILES string of the molecule is CCCCCC(CCC(F)(F)C(F)(F)C(F)(F)C(F)(F)F)OS(=O)(=O)[O-].[Na+]. The number of halogens is 9. The van der Waals surface area contributed by atoms with Gasteiger partial charge in [-0.3, -0.25) is 4.18 Å². The molecule has 0 aliphatic carbocycles. The molecule has 4 nitrogen and oxygen atoms in total. The van der Waals surface area contributed by atoms with E-state index in [1.165, 1.54) is 0 Å². The second-order valence-electron chi connectivity index (χ2n) is 5.51. The molecular formula is C12H16F9NaO4S. The van der Waals surface area contributed by atoms with Crippen LogP contribution < -0.4 is 29.6 Å². The summed E-state index contributed by atoms with van der Waals surface area (Å²) in [5.41, 5.74) is 0. The second kappa shape index (κ2) is 10.3. The summed E-state index contributed by atoms with van der Waals surface area (Å²) in [6, 6.07) is 0. The third-order valence-corrected chi connectivity index (χ3v) is 3.88. The van der Waals surface area contributed by atoms with Crippen LogP contribution in [-0.4, -0.2) is 43.0 Å². The molecule has 158 valence electrons. The van der Waals surface area contributed by atoms with Gasteiger partial charge < -0.3 is 4.55 Å². The van der Waals surface area contributed by atoms with Gasteiger partial charge in [-0.1, -0.05) is 26.2 Å². The van der Waals surface area contributed by atoms with Gasteiger partial charge in [-0.2, -0.15) is 39.5 Å². The van der Waals surface area contributed by atoms with Crippen molar-refractivity contribution in [3.05, 3.63) is 0 Å². The molecule has 0 aromatic heterocycles. The molecule has 27 heavy (non-hydrogen) atoms. The molecule has 0 aromatic carbocycles. The van der Waals surface area contributed by atoms with Crippen molar-refractivity contribution in [1.29, 1.82) is 0 Å². The van der Waals surface area contributed by atoms with Crippen LogP contribution in [-0.2, 0) is 14.6 Å². The van der Waals surface area contributed by atoms with Gasteiger partial charge in [0.25, 0.3) is 0 Å². The summed E-state index contributed by atoms with van der Waals surface area (Å²) >= 11 is 0. The zero-order chi connectivity index (χ0) is 21.0. The average molecular weight is 450 g/mol. The molecule has 0 rings (SSSR count). The van der Waals surface area contributed by atoms with E-state index >= 15 is 0 Å². The predicted molar refractivity (Wildman–Crippen MR) is 68.8 cm³/mol. The molecular weight excluding hydrogens is 434 g/mol. The summed E-state index contributed by atoms with van der Waals surface area (Å²) in [4.78, 5) is 0. The van der Waals surface area contributed by atoms with Crippen LogP contribution in [0, 0.1) is 0 Å². The first kappa shape index (κ1) is 29.4. The Bertz CT molecular complexity index is 552. The number of hydrogen-bond donors (Lipinski definition) is 0. The van der Waals surface area contributed by atoms with Crippen LogP contribution in [0.25, 0.3) is 0 Å². The van der Waals surface area contributed by atoms with Gasteiger partial charge in [0.05, 0.1) is 6.10 Å². The maximum Gasteiger partial charge on any atom is 1.00 e. The molecule has 0 spiro atoms. The monoisotopic (exact) mass is 450 g/mol. The standard InChI is InChI=1S/C12H17F9O4S.Na/c1-2-3-4-5-8(25-26(22,23)24)6-7-9(13,14)10(15,16)11(17,18)12(19,20)21;/h8H,2-7H2,1H3,(H,22,23,24);/q;+1/p-1. The summed E-state index contributed by atoms with van der Waals surface area (Å²) < 4.78 is 150. The average Bonchev–Trinajstić information content (AvgIpc) is 2.41. The molecule has 0 fully saturated rings. The quantitative estimate of drug-likeness (QED) is 0.158. The van der Waals surface area contributed by atoms with E-state index in [-0.39, 0.29) is 42.4 Å². The molecule has 1 unspecified atom stereocenters. The minimum absolute atomic E-state index is 0. The Balaban J connectivity index is 0. The van der Waals surface area contributed by atoms with E-state index in [0.29, 0.717) is 12.8 Å². The normalized spacial score (nSPS) is 15.4. The van der Waals surface area contributed by atoms with E-state index in [9.17, 15) is 52.5 Å². The maximum absolute atomic E-state index is 13.4. The molecule has 0 saturated carbocycles. The zero-order valence-corrected chi connectivity index (χ0v) is 17.1. The number of hydrogen-bond acceptors (Lipinski definition) is 4. The molecule has 0 aliphatic rings. The van der Waals surface area contributed by atoms with Gasteiger partial charge >= 0.3 is 53.5 Å². The molecule has 1 atom stereocenters. The fourth-order valence-corrected chi connectivity index (χ4v) is 2.46. The number of rotatable bonds is 11. The minimum Gasteiger partial charge on any atom is -0.726 e. The first-order valence-electron chi connectivity index (χ1n) is 7.23. The first-order chi connectivity index (χ1) is 11.4. The Morgan fingerprint density at radius 2 is 1.37 bits per heavy atom. The van der Waals surface area contributed by atoms with Crippen molar-refractivity contribution >= 4 is 10.4 Å². The summed E-state index contributed by atoms with van der Waals surface area (Å²) in [6.45, 7) is 1.69. The Morgan fingerprint density at radius 1 is 0.889 bits per heavy atom. The fraction of sp³-hybridized carbons (Fsp3) is 1.00. The van der Waals surface area contributed by atoms with E-state index in [0.717, 1.165) is 0 Å². The molecule has 0 N–H and O–H groups in total. The van der Waals surface area contributed by atoms with E-state index in [2.05, 4.69) is 4.18 Å². The Labute approximate surface area is 172 Å². The maximum atomic E-state index is 13.4. The van der Waals surface area contributed by atoms with Crippen LogP contribution in [0.5, 0.6) is 0 Å². The summed E-state index contributed by atoms with van der Waals surface area (Å²) in [5, 5.41) is 0. The van der Waals surface area contributed by atoms with Crippen molar-refractivity contribution in [3.63, 3.8) is 0 Å². The molecule has 15 heteroatoms. The van der Waals surface area contributed by atoms with Gasteiger partial charge in [-0.15, -0.1) is 0 Å². The number of unbranched alkanes of at least 4 members (excludes halogenated alkanes) is 2. The molecule has 0 aliphatic heterocycles. The van der Waals surface area contributed by atoms with E-state index in [1.54, 1.807) is 6.92 Å². The van der Waals surface area contributed by atoms with E-state index < -0.39 is 53.3 Å². The van der Waals surface area contributed by atoms with Crippen molar-refractivity contribution in [2.75, 3.05) is 0 Å². The van der Waals surface area contributed by atoms with Crippen molar-refractivity contribution in [1.82, 2.24) is 0 Å². The minimum atomic E-state index is -7.02. The third-order valence-electron chi connectivity index (χ3n) is 3.37. The van der Waals surface area contributed by atoms with Crippen LogP contribution in [0.1, 0.15) is 45.4 Å². The predicted octanol–water partition coefficient (Wildman–Crippen LogP) is 1.66. The van der Waals surface area contributed by atoms with Crippen LogP contribution in [0.15, 0.2) is 0 Å². The fourth-order valence-electron chi connectivity index (χ4n) is 1.94. The van der Waals surface area contributed by atoms with Gasteiger partial charge in [0.2, 0.25) is 10.4 Å². The molecule has 0 saturated heterocycles. The van der Waals surface area contributed by atoms with Gasteiger partial charge in [-0.25, -0.2) is 8.42 Å². The Hall–Kier alpha value is 0.240. The molecule has 0 radical (unpaired) electrons. The molecule has 0 amide bonds. The van der Waals surface area contributed by atoms with Crippen molar-refractivity contribution in [3.8, 4) is 0 Å². The van der Waals surface area contributed by atoms with Crippen molar-refractivity contribution in [2.45, 2.75) is 75.5 Å². The first-order valence-corrected chi connectivity index (χ1v) is 8.56. The van der Waals surface area contributed by atoms with Crippen LogP contribution in [0.3, 0.4) is 0 Å². The largest absolute Gasteiger partial charge is 1.00 e. The van der Waals surface area contributed by atoms with E-state index in [4.69, 9.17) is 0 Å². The molecule has 0 aromatic rings. The topological polar surface area (TPSA) is 66.4 Å². The van der Waals surface area contributed by atoms with Crippen LogP contribution in [0.2, 0.25) is 0 Å². The second-order valence-corrected chi connectivity index (χ2v) is 6.52. The van der Waals surface area contributed by atoms with Crippen molar-refractivity contribution in [2.24, 2.45) is 0 Å². The Kier molecular flexibility index (Phi) is 11.3. The summed E-state index contributed by atoms with van der Waals surface area (Å²) in [5.74, 6) is -19.7. The Morgan fingerprint density at radius 3 is 1.74 bits per heavy atom. The number of alkyl halides is 9. The van der Waals surface area contributed by atoms with Gasteiger partial charge in [0.15, 0.2) is 0 Å². The summed E-state index contributed by atoms with van der Waals surface area (Å²) in [6.07, 6.45) is -11.7. The smallest absolute Gasteiger partial charge is 0.726 e. The van der Waals surface area contributed by atoms with Crippen LogP contribution in [0.4, 0.5) is 39.5 Å². The van der Waals surface area contributed by atoms with Gasteiger partial charge in [0.1, 0.15) is 0 Å². The van der Waals surface area contributed by atoms with Crippen LogP contribution >= 0.6 is 0 Å². The zero-order valence-electron chi connectivity index (χ0n) is 14.3. The molecule has 0 heterocycles. The van der Waals surface area contributed by atoms with Crippen molar-refractivity contribution < 1.29 is 86.2 Å². The van der Waals surface area contributed by atoms with Gasteiger partial charge in [-0.05, 0) is 12.8 Å². The molecule has 0 bridgehead atoms.